The Hall–Kier alpha value is -3.83. The molecule has 0 N–H and O–H groups in total. The molecule has 0 unspecified atom stereocenters. The predicted octanol–water partition coefficient (Wildman–Crippen LogP) is 7.42. The fourth-order valence-electron chi connectivity index (χ4n) is 3.51. The summed E-state index contributed by atoms with van der Waals surface area (Å²) in [7, 11) is 0. The van der Waals surface area contributed by atoms with Gasteiger partial charge < -0.3 is 9.47 Å². The van der Waals surface area contributed by atoms with Crippen molar-refractivity contribution in [1.29, 1.82) is 0 Å². The molecular weight excluding hydrogens is 444 g/mol. The summed E-state index contributed by atoms with van der Waals surface area (Å²) in [5.41, 5.74) is 1.75. The number of carbonyl (C=O) groups excluding carboxylic acids is 2. The van der Waals surface area contributed by atoms with Gasteiger partial charge >= 0.3 is 11.9 Å². The van der Waals surface area contributed by atoms with Crippen molar-refractivity contribution in [3.05, 3.63) is 96.6 Å². The Labute approximate surface area is 202 Å². The quantitative estimate of drug-likeness (QED) is 0.128. The van der Waals surface area contributed by atoms with E-state index in [4.69, 9.17) is 9.47 Å². The molecule has 0 saturated heterocycles. The summed E-state index contributed by atoms with van der Waals surface area (Å²) in [4.78, 5) is 27.1. The normalized spacial score (nSPS) is 10.8. The average molecular weight is 469 g/mol. The second-order valence-electron chi connectivity index (χ2n) is 8.14. The highest BCUT2D eigenvalue weighted by molar-refractivity contribution is 7.99. The Balaban J connectivity index is 2.05. The molecule has 0 heterocycles. The van der Waals surface area contributed by atoms with Crippen LogP contribution in [0, 0.1) is 6.92 Å². The molecule has 0 fully saturated rings. The van der Waals surface area contributed by atoms with Gasteiger partial charge in [-0.2, -0.15) is 0 Å². The van der Waals surface area contributed by atoms with Crippen molar-refractivity contribution in [3.8, 4) is 11.5 Å². The summed E-state index contributed by atoms with van der Waals surface area (Å²) in [5.74, 6) is -0.230. The molecule has 34 heavy (non-hydrogen) atoms. The van der Waals surface area contributed by atoms with Gasteiger partial charge in [0.15, 0.2) is 0 Å². The third-order valence-electron chi connectivity index (χ3n) is 5.25. The Morgan fingerprint density at radius 1 is 0.706 bits per heavy atom. The fourth-order valence-corrected chi connectivity index (χ4v) is 4.48. The van der Waals surface area contributed by atoms with Crippen LogP contribution in [0.5, 0.6) is 11.5 Å². The van der Waals surface area contributed by atoms with E-state index in [-0.39, 0.29) is 0 Å². The minimum atomic E-state index is -0.520. The number of rotatable bonds is 6. The van der Waals surface area contributed by atoms with E-state index in [0.717, 1.165) is 9.79 Å². The monoisotopic (exact) mass is 468 g/mol. The van der Waals surface area contributed by atoms with Gasteiger partial charge in [0.05, 0.1) is 0 Å². The Morgan fingerprint density at radius 3 is 1.82 bits per heavy atom. The molecule has 0 aliphatic rings. The Morgan fingerprint density at radius 2 is 1.24 bits per heavy atom. The molecule has 0 bridgehead atoms. The third-order valence-corrected chi connectivity index (χ3v) is 6.32. The first-order chi connectivity index (χ1) is 16.3. The van der Waals surface area contributed by atoms with Gasteiger partial charge in [-0.1, -0.05) is 79.0 Å². The van der Waals surface area contributed by atoms with E-state index < -0.39 is 11.9 Å². The van der Waals surface area contributed by atoms with Crippen molar-refractivity contribution < 1.29 is 19.1 Å². The first-order valence-electron chi connectivity index (χ1n) is 10.7. The van der Waals surface area contributed by atoms with Crippen molar-refractivity contribution in [2.75, 3.05) is 0 Å². The lowest BCUT2D eigenvalue weighted by Crippen LogP contribution is -2.11. The SMILES string of the molecule is C=C(C)C(=O)Oc1c2ccccc2c(OC(=O)C(=C)C)c2c(Sc3ccc(C)cc3)cccc12. The molecule has 0 spiro atoms. The molecule has 4 rings (SSSR count). The lowest BCUT2D eigenvalue weighted by atomic mass is 10.0. The minimum absolute atomic E-state index is 0.290. The first-order valence-corrected chi connectivity index (χ1v) is 11.5. The van der Waals surface area contributed by atoms with Gasteiger partial charge in [0, 0.05) is 42.5 Å². The number of hydrogen-bond acceptors (Lipinski definition) is 5. The molecule has 4 aromatic carbocycles. The van der Waals surface area contributed by atoms with Crippen LogP contribution < -0.4 is 9.47 Å². The number of ether oxygens (including phenoxy) is 2. The van der Waals surface area contributed by atoms with Crippen molar-refractivity contribution >= 4 is 45.2 Å². The Kier molecular flexibility index (Phi) is 6.57. The van der Waals surface area contributed by atoms with Crippen LogP contribution >= 0.6 is 11.8 Å². The molecule has 0 aliphatic carbocycles. The summed E-state index contributed by atoms with van der Waals surface area (Å²) in [6, 6.07) is 21.3. The third kappa shape index (κ3) is 4.61. The second-order valence-corrected chi connectivity index (χ2v) is 9.25. The highest BCUT2D eigenvalue weighted by Crippen LogP contribution is 2.47. The zero-order valence-electron chi connectivity index (χ0n) is 19.3. The molecule has 0 saturated carbocycles. The molecule has 170 valence electrons. The van der Waals surface area contributed by atoms with Gasteiger partial charge in [-0.3, -0.25) is 0 Å². The van der Waals surface area contributed by atoms with Gasteiger partial charge in [0.1, 0.15) is 11.5 Å². The number of hydrogen-bond donors (Lipinski definition) is 0. The van der Waals surface area contributed by atoms with Crippen LogP contribution in [-0.2, 0) is 9.59 Å². The molecule has 0 aliphatic heterocycles. The average Bonchev–Trinajstić information content (AvgIpc) is 2.82. The summed E-state index contributed by atoms with van der Waals surface area (Å²) < 4.78 is 11.7. The smallest absolute Gasteiger partial charge is 0.338 e. The van der Waals surface area contributed by atoms with Crippen molar-refractivity contribution in [2.45, 2.75) is 30.6 Å². The largest absolute Gasteiger partial charge is 0.422 e. The highest BCUT2D eigenvalue weighted by Gasteiger charge is 2.23. The molecular formula is C29H24O4S. The van der Waals surface area contributed by atoms with Crippen LogP contribution in [0.4, 0.5) is 0 Å². The number of carbonyl (C=O) groups is 2. The maximum absolute atomic E-state index is 12.6. The molecule has 0 amide bonds. The van der Waals surface area contributed by atoms with Gasteiger partial charge in [-0.05, 0) is 39.0 Å². The van der Waals surface area contributed by atoms with Crippen molar-refractivity contribution in [3.63, 3.8) is 0 Å². The summed E-state index contributed by atoms with van der Waals surface area (Å²) >= 11 is 1.55. The van der Waals surface area contributed by atoms with Crippen molar-refractivity contribution in [1.82, 2.24) is 0 Å². The Bertz CT molecular complexity index is 1470. The number of fused-ring (bicyclic) bond motifs is 2. The van der Waals surface area contributed by atoms with Crippen molar-refractivity contribution in [2.24, 2.45) is 0 Å². The topological polar surface area (TPSA) is 52.6 Å². The van der Waals surface area contributed by atoms with E-state index in [1.54, 1.807) is 25.6 Å². The van der Waals surface area contributed by atoms with Gasteiger partial charge in [-0.15, -0.1) is 0 Å². The number of benzene rings is 4. The molecule has 0 aromatic heterocycles. The van der Waals surface area contributed by atoms with Crippen LogP contribution in [0.1, 0.15) is 19.4 Å². The highest BCUT2D eigenvalue weighted by atomic mass is 32.2. The molecule has 0 atom stereocenters. The fraction of sp³-hybridized carbons (Fsp3) is 0.103. The van der Waals surface area contributed by atoms with Gasteiger partial charge in [0.25, 0.3) is 0 Å². The van der Waals surface area contributed by atoms with E-state index >= 15 is 0 Å². The van der Waals surface area contributed by atoms with Crippen LogP contribution in [0.15, 0.2) is 101 Å². The standard InChI is InChI=1S/C29H24O4S/c1-17(2)28(30)32-26-21-9-6-7-10-22(21)27(33-29(31)18(3)4)25-23(26)11-8-12-24(25)34-20-15-13-19(5)14-16-20/h6-16H,1,3H2,2,4-5H3. The van der Waals surface area contributed by atoms with E-state index in [9.17, 15) is 9.59 Å². The number of esters is 2. The van der Waals surface area contributed by atoms with Gasteiger partial charge in [0.2, 0.25) is 0 Å². The van der Waals surface area contributed by atoms with Gasteiger partial charge in [-0.25, -0.2) is 9.59 Å². The van der Waals surface area contributed by atoms with Crippen LogP contribution in [-0.4, -0.2) is 11.9 Å². The minimum Gasteiger partial charge on any atom is -0.422 e. The van der Waals surface area contributed by atoms with E-state index in [0.29, 0.717) is 44.2 Å². The lowest BCUT2D eigenvalue weighted by molar-refractivity contribution is -0.130. The first kappa shape index (κ1) is 23.3. The molecule has 4 nitrogen and oxygen atoms in total. The maximum atomic E-state index is 12.6. The second kappa shape index (κ2) is 9.57. The summed E-state index contributed by atoms with van der Waals surface area (Å²) in [6.07, 6.45) is 0. The lowest BCUT2D eigenvalue weighted by Gasteiger charge is -2.18. The predicted molar refractivity (Wildman–Crippen MR) is 138 cm³/mol. The van der Waals surface area contributed by atoms with E-state index in [1.165, 1.54) is 5.56 Å². The van der Waals surface area contributed by atoms with Crippen LogP contribution in [0.2, 0.25) is 0 Å². The summed E-state index contributed by atoms with van der Waals surface area (Å²) in [6.45, 7) is 12.7. The van der Waals surface area contributed by atoms with Crippen LogP contribution in [0.25, 0.3) is 21.5 Å². The molecule has 0 radical (unpaired) electrons. The zero-order chi connectivity index (χ0) is 24.4. The zero-order valence-corrected chi connectivity index (χ0v) is 20.1. The van der Waals surface area contributed by atoms with Crippen LogP contribution in [0.3, 0.4) is 0 Å². The molecule has 5 heteroatoms. The van der Waals surface area contributed by atoms with E-state index in [2.05, 4.69) is 13.2 Å². The maximum Gasteiger partial charge on any atom is 0.338 e. The van der Waals surface area contributed by atoms with E-state index in [1.807, 2.05) is 73.7 Å². The summed E-state index contributed by atoms with van der Waals surface area (Å²) in [5, 5.41) is 2.67. The number of aryl methyl sites for hydroxylation is 1. The molecule has 4 aromatic rings.